The minimum atomic E-state index is -0.531. The van der Waals surface area contributed by atoms with E-state index in [1.54, 1.807) is 30.3 Å². The third kappa shape index (κ3) is 3.83. The van der Waals surface area contributed by atoms with E-state index in [0.29, 0.717) is 22.2 Å². The van der Waals surface area contributed by atoms with Crippen LogP contribution in [0.2, 0.25) is 5.02 Å². The van der Waals surface area contributed by atoms with Crippen LogP contribution in [0.5, 0.6) is 11.5 Å². The number of aryl methyl sites for hydroxylation is 1. The highest BCUT2D eigenvalue weighted by Gasteiger charge is 2.37. The summed E-state index contributed by atoms with van der Waals surface area (Å²) in [7, 11) is 1.53. The second kappa shape index (κ2) is 7.79. The van der Waals surface area contributed by atoms with Gasteiger partial charge >= 0.3 is 5.97 Å². The van der Waals surface area contributed by atoms with Gasteiger partial charge in [-0.25, -0.2) is 0 Å². The zero-order chi connectivity index (χ0) is 18.7. The Kier molecular flexibility index (Phi) is 5.47. The molecular formula is C20H20ClNO4. The van der Waals surface area contributed by atoms with E-state index in [1.807, 2.05) is 12.1 Å². The van der Waals surface area contributed by atoms with E-state index in [-0.39, 0.29) is 18.9 Å². The van der Waals surface area contributed by atoms with Crippen molar-refractivity contribution in [2.24, 2.45) is 5.92 Å². The molecule has 6 heteroatoms. The maximum Gasteiger partial charge on any atom is 0.316 e. The molecule has 5 nitrogen and oxygen atoms in total. The lowest BCUT2D eigenvalue weighted by molar-refractivity contribution is -0.139. The lowest BCUT2D eigenvalue weighted by atomic mass is 10.1. The first-order chi connectivity index (χ1) is 12.5. The van der Waals surface area contributed by atoms with Gasteiger partial charge < -0.3 is 14.4 Å². The summed E-state index contributed by atoms with van der Waals surface area (Å²) in [6, 6.07) is 12.4. The number of methoxy groups -OCH3 is 1. The fourth-order valence-electron chi connectivity index (χ4n) is 2.97. The van der Waals surface area contributed by atoms with Crippen LogP contribution in [0.1, 0.15) is 18.9 Å². The third-order valence-corrected chi connectivity index (χ3v) is 4.68. The first-order valence-corrected chi connectivity index (χ1v) is 8.84. The number of amides is 1. The van der Waals surface area contributed by atoms with Gasteiger partial charge in [0.1, 0.15) is 11.5 Å². The second-order valence-corrected chi connectivity index (χ2v) is 6.58. The van der Waals surface area contributed by atoms with E-state index in [4.69, 9.17) is 21.1 Å². The van der Waals surface area contributed by atoms with Crippen LogP contribution >= 0.6 is 11.6 Å². The molecule has 0 radical (unpaired) electrons. The number of benzene rings is 2. The average Bonchev–Trinajstić information content (AvgIpc) is 3.04. The van der Waals surface area contributed by atoms with E-state index in [1.165, 1.54) is 17.6 Å². The number of esters is 1. The van der Waals surface area contributed by atoms with Crippen LogP contribution in [0, 0.1) is 5.92 Å². The Hall–Kier alpha value is -2.53. The summed E-state index contributed by atoms with van der Waals surface area (Å²) in [5.41, 5.74) is 1.73. The quantitative estimate of drug-likeness (QED) is 0.589. The van der Waals surface area contributed by atoms with Gasteiger partial charge in [0, 0.05) is 18.0 Å². The Labute approximate surface area is 157 Å². The highest BCUT2D eigenvalue weighted by Crippen LogP contribution is 2.35. The SMILES string of the molecule is CCc1ccc(OC(=O)[C@H]2CC(=O)N(c3cc(Cl)ccc3OC)C2)cc1. The van der Waals surface area contributed by atoms with Gasteiger partial charge in [0.2, 0.25) is 5.91 Å². The highest BCUT2D eigenvalue weighted by molar-refractivity contribution is 6.31. The van der Waals surface area contributed by atoms with Crippen LogP contribution in [-0.4, -0.2) is 25.5 Å². The monoisotopic (exact) mass is 373 g/mol. The van der Waals surface area contributed by atoms with Gasteiger partial charge in [0.05, 0.1) is 18.7 Å². The Morgan fingerprint density at radius 3 is 2.62 bits per heavy atom. The number of carbonyl (C=O) groups excluding carboxylic acids is 2. The van der Waals surface area contributed by atoms with Crippen LogP contribution in [-0.2, 0) is 16.0 Å². The molecule has 1 fully saturated rings. The molecule has 0 aliphatic carbocycles. The predicted molar refractivity (Wildman–Crippen MR) is 99.9 cm³/mol. The lowest BCUT2D eigenvalue weighted by Crippen LogP contribution is -2.27. The molecule has 1 saturated heterocycles. The van der Waals surface area contributed by atoms with Crippen LogP contribution in [0.25, 0.3) is 0 Å². The molecule has 0 aromatic heterocycles. The maximum absolute atomic E-state index is 12.5. The Balaban J connectivity index is 1.72. The summed E-state index contributed by atoms with van der Waals surface area (Å²) in [4.78, 5) is 26.4. The number of anilines is 1. The molecule has 0 N–H and O–H groups in total. The summed E-state index contributed by atoms with van der Waals surface area (Å²) in [5.74, 6) is -0.0812. The van der Waals surface area contributed by atoms with Crippen LogP contribution in [0.4, 0.5) is 5.69 Å². The van der Waals surface area contributed by atoms with Crippen LogP contribution in [0.3, 0.4) is 0 Å². The van der Waals surface area contributed by atoms with E-state index < -0.39 is 11.9 Å². The van der Waals surface area contributed by atoms with Gasteiger partial charge in [-0.05, 0) is 42.3 Å². The summed E-state index contributed by atoms with van der Waals surface area (Å²) < 4.78 is 10.7. The van der Waals surface area contributed by atoms with Gasteiger partial charge in [-0.15, -0.1) is 0 Å². The fourth-order valence-corrected chi connectivity index (χ4v) is 3.13. The number of halogens is 1. The molecule has 26 heavy (non-hydrogen) atoms. The van der Waals surface area contributed by atoms with E-state index >= 15 is 0 Å². The molecule has 1 aliphatic heterocycles. The lowest BCUT2D eigenvalue weighted by Gasteiger charge is -2.19. The van der Waals surface area contributed by atoms with Crippen LogP contribution < -0.4 is 14.4 Å². The van der Waals surface area contributed by atoms with Crippen molar-refractivity contribution in [1.29, 1.82) is 0 Å². The number of hydrogen-bond donors (Lipinski definition) is 0. The minimum Gasteiger partial charge on any atom is -0.495 e. The van der Waals surface area contributed by atoms with Crippen LogP contribution in [0.15, 0.2) is 42.5 Å². The van der Waals surface area contributed by atoms with E-state index in [2.05, 4.69) is 6.92 Å². The molecule has 3 rings (SSSR count). The van der Waals surface area contributed by atoms with Gasteiger partial charge in [-0.1, -0.05) is 30.7 Å². The van der Waals surface area contributed by atoms with Crippen molar-refractivity contribution >= 4 is 29.2 Å². The molecule has 1 heterocycles. The number of carbonyl (C=O) groups is 2. The second-order valence-electron chi connectivity index (χ2n) is 6.14. The Bertz CT molecular complexity index is 819. The molecule has 136 valence electrons. The normalized spacial score (nSPS) is 16.7. The molecule has 2 aromatic carbocycles. The molecule has 1 aliphatic rings. The molecule has 2 aromatic rings. The number of ether oxygens (including phenoxy) is 2. The predicted octanol–water partition coefficient (Wildman–Crippen LogP) is 3.87. The van der Waals surface area contributed by atoms with Crippen molar-refractivity contribution in [3.63, 3.8) is 0 Å². The van der Waals surface area contributed by atoms with E-state index in [9.17, 15) is 9.59 Å². The molecule has 0 spiro atoms. The van der Waals surface area contributed by atoms with Gasteiger partial charge in [-0.3, -0.25) is 9.59 Å². The van der Waals surface area contributed by atoms with Gasteiger partial charge in [0.25, 0.3) is 0 Å². The Morgan fingerprint density at radius 1 is 1.23 bits per heavy atom. The molecule has 0 bridgehead atoms. The molecule has 1 amide bonds. The molecular weight excluding hydrogens is 354 g/mol. The minimum absolute atomic E-state index is 0.0988. The summed E-state index contributed by atoms with van der Waals surface area (Å²) in [6.07, 6.45) is 1.02. The number of hydrogen-bond acceptors (Lipinski definition) is 4. The molecule has 0 saturated carbocycles. The standard InChI is InChI=1S/C20H20ClNO4/c1-3-13-4-7-16(8-5-13)26-20(24)14-10-19(23)22(12-14)17-11-15(21)6-9-18(17)25-2/h4-9,11,14H,3,10,12H2,1-2H3/t14-/m0/s1. The number of rotatable bonds is 5. The van der Waals surface area contributed by atoms with Crippen molar-refractivity contribution in [2.75, 3.05) is 18.6 Å². The Morgan fingerprint density at radius 2 is 1.96 bits per heavy atom. The first-order valence-electron chi connectivity index (χ1n) is 8.46. The smallest absolute Gasteiger partial charge is 0.316 e. The molecule has 1 atom stereocenters. The van der Waals surface area contributed by atoms with Crippen molar-refractivity contribution in [2.45, 2.75) is 19.8 Å². The van der Waals surface area contributed by atoms with Gasteiger partial charge in [0.15, 0.2) is 0 Å². The zero-order valence-corrected chi connectivity index (χ0v) is 15.5. The summed E-state index contributed by atoms with van der Waals surface area (Å²) >= 11 is 6.05. The molecule has 0 unspecified atom stereocenters. The topological polar surface area (TPSA) is 55.8 Å². The van der Waals surface area contributed by atoms with Crippen molar-refractivity contribution < 1.29 is 19.1 Å². The van der Waals surface area contributed by atoms with Crippen molar-refractivity contribution in [3.05, 3.63) is 53.1 Å². The fraction of sp³-hybridized carbons (Fsp3) is 0.300. The third-order valence-electron chi connectivity index (χ3n) is 4.44. The van der Waals surface area contributed by atoms with Crippen molar-refractivity contribution in [1.82, 2.24) is 0 Å². The van der Waals surface area contributed by atoms with Crippen molar-refractivity contribution in [3.8, 4) is 11.5 Å². The highest BCUT2D eigenvalue weighted by atomic mass is 35.5. The largest absolute Gasteiger partial charge is 0.495 e. The maximum atomic E-state index is 12.5. The zero-order valence-electron chi connectivity index (χ0n) is 14.7. The average molecular weight is 374 g/mol. The first kappa shape index (κ1) is 18.3. The van der Waals surface area contributed by atoms with E-state index in [0.717, 1.165) is 6.42 Å². The van der Waals surface area contributed by atoms with Gasteiger partial charge in [-0.2, -0.15) is 0 Å². The summed E-state index contributed by atoms with van der Waals surface area (Å²) in [5, 5.41) is 0.496. The summed E-state index contributed by atoms with van der Waals surface area (Å²) in [6.45, 7) is 2.30. The number of nitrogens with zero attached hydrogens (tertiary/aromatic N) is 1.